The highest BCUT2D eigenvalue weighted by Crippen LogP contribution is 2.29. The summed E-state index contributed by atoms with van der Waals surface area (Å²) in [7, 11) is 0. The van der Waals surface area contributed by atoms with Crippen molar-refractivity contribution in [3.63, 3.8) is 0 Å². The van der Waals surface area contributed by atoms with Gasteiger partial charge in [-0.2, -0.15) is 13.2 Å². The zero-order valence-corrected chi connectivity index (χ0v) is 9.61. The van der Waals surface area contributed by atoms with Gasteiger partial charge in [0, 0.05) is 18.5 Å². The first-order chi connectivity index (χ1) is 7.51. The average molecular weight is 254 g/mol. The van der Waals surface area contributed by atoms with E-state index in [1.54, 1.807) is 6.20 Å². The van der Waals surface area contributed by atoms with Gasteiger partial charge in [-0.05, 0) is 18.3 Å². The smallest absolute Gasteiger partial charge is 0.311 e. The second-order valence-electron chi connectivity index (χ2n) is 3.05. The molecule has 0 aliphatic heterocycles. The topological polar surface area (TPSA) is 42.7 Å². The van der Waals surface area contributed by atoms with Gasteiger partial charge in [-0.1, -0.05) is 12.1 Å². The molecule has 0 aliphatic rings. The van der Waals surface area contributed by atoms with Crippen LogP contribution in [0, 0.1) is 0 Å². The number of aromatic nitrogens is 3. The third-order valence-electron chi connectivity index (χ3n) is 1.73. The molecule has 1 aromatic rings. The number of halogens is 3. The van der Waals surface area contributed by atoms with Crippen LogP contribution in [0.15, 0.2) is 6.20 Å². The van der Waals surface area contributed by atoms with Crippen molar-refractivity contribution in [2.24, 2.45) is 0 Å². The minimum atomic E-state index is -4.17. The molecule has 0 radical (unpaired) electrons. The van der Waals surface area contributed by atoms with Crippen molar-refractivity contribution < 1.29 is 13.2 Å². The normalized spacial score (nSPS) is 12.0. The van der Waals surface area contributed by atoms with Gasteiger partial charge in [-0.15, -0.1) is 5.10 Å². The summed E-state index contributed by atoms with van der Waals surface area (Å²) in [5, 5.41) is 10.6. The highest BCUT2D eigenvalue weighted by Gasteiger charge is 2.27. The van der Waals surface area contributed by atoms with Crippen LogP contribution in [0.4, 0.5) is 13.2 Å². The molecule has 16 heavy (non-hydrogen) atoms. The van der Waals surface area contributed by atoms with Gasteiger partial charge >= 0.3 is 5.51 Å². The number of hydrogen-bond acceptors (Lipinski definition) is 4. The number of alkyl halides is 3. The van der Waals surface area contributed by atoms with Crippen LogP contribution in [0.5, 0.6) is 0 Å². The number of hydrogen-bond donors (Lipinski definition) is 1. The van der Waals surface area contributed by atoms with Crippen LogP contribution in [-0.2, 0) is 13.1 Å². The lowest BCUT2D eigenvalue weighted by Crippen LogP contribution is -2.11. The first-order valence-corrected chi connectivity index (χ1v) is 5.80. The van der Waals surface area contributed by atoms with E-state index in [-0.39, 0.29) is 24.1 Å². The Morgan fingerprint density at radius 3 is 2.88 bits per heavy atom. The molecule has 92 valence electrons. The molecule has 0 spiro atoms. The largest absolute Gasteiger partial charge is 0.441 e. The van der Waals surface area contributed by atoms with Gasteiger partial charge in [-0.25, -0.2) is 0 Å². The molecular formula is C8H13F3N4S. The number of aryl methyl sites for hydroxylation is 1. The van der Waals surface area contributed by atoms with Crippen molar-refractivity contribution in [1.29, 1.82) is 0 Å². The summed E-state index contributed by atoms with van der Waals surface area (Å²) in [5.41, 5.74) is -3.44. The van der Waals surface area contributed by atoms with Crippen LogP contribution in [0.25, 0.3) is 0 Å². The van der Waals surface area contributed by atoms with Gasteiger partial charge in [0.2, 0.25) is 0 Å². The fraction of sp³-hybridized carbons (Fsp3) is 0.750. The predicted octanol–water partition coefficient (Wildman–Crippen LogP) is 1.64. The van der Waals surface area contributed by atoms with E-state index in [2.05, 4.69) is 15.6 Å². The Labute approximate surface area is 95.6 Å². The minimum absolute atomic E-state index is 0.0481. The molecule has 8 heteroatoms. The molecule has 1 heterocycles. The minimum Gasteiger partial charge on any atom is -0.311 e. The SMILES string of the molecule is CCNCc1cn(CCSC(F)(F)F)nn1. The molecular weight excluding hydrogens is 241 g/mol. The summed E-state index contributed by atoms with van der Waals surface area (Å²) in [4.78, 5) is 0. The Morgan fingerprint density at radius 1 is 1.50 bits per heavy atom. The van der Waals surface area contributed by atoms with Crippen LogP contribution in [0.2, 0.25) is 0 Å². The molecule has 4 nitrogen and oxygen atoms in total. The fourth-order valence-electron chi connectivity index (χ4n) is 1.04. The van der Waals surface area contributed by atoms with E-state index in [9.17, 15) is 13.2 Å². The van der Waals surface area contributed by atoms with Crippen molar-refractivity contribution in [1.82, 2.24) is 20.3 Å². The Morgan fingerprint density at radius 2 is 2.25 bits per heavy atom. The highest BCUT2D eigenvalue weighted by atomic mass is 32.2. The van der Waals surface area contributed by atoms with Crippen molar-refractivity contribution in [3.05, 3.63) is 11.9 Å². The van der Waals surface area contributed by atoms with Crippen LogP contribution < -0.4 is 5.32 Å². The van der Waals surface area contributed by atoms with Crippen molar-refractivity contribution >= 4 is 11.8 Å². The zero-order chi connectivity index (χ0) is 12.0. The summed E-state index contributed by atoms with van der Waals surface area (Å²) in [5.74, 6) is -0.0481. The van der Waals surface area contributed by atoms with E-state index in [0.717, 1.165) is 12.2 Å². The van der Waals surface area contributed by atoms with Crippen LogP contribution in [0.1, 0.15) is 12.6 Å². The standard InChI is InChI=1S/C8H13F3N4S/c1-2-12-5-7-6-15(14-13-7)3-4-16-8(9,10)11/h6,12H,2-5H2,1H3. The van der Waals surface area contributed by atoms with Gasteiger partial charge in [0.05, 0.1) is 12.2 Å². The lowest BCUT2D eigenvalue weighted by molar-refractivity contribution is -0.0328. The van der Waals surface area contributed by atoms with E-state index in [1.165, 1.54) is 4.68 Å². The number of thioether (sulfide) groups is 1. The monoisotopic (exact) mass is 254 g/mol. The molecule has 0 aromatic carbocycles. The molecule has 0 atom stereocenters. The maximum Gasteiger partial charge on any atom is 0.441 e. The summed E-state index contributed by atoms with van der Waals surface area (Å²) >= 11 is -0.0487. The zero-order valence-electron chi connectivity index (χ0n) is 8.79. The lowest BCUT2D eigenvalue weighted by atomic mass is 10.4. The Balaban J connectivity index is 2.29. The second-order valence-corrected chi connectivity index (χ2v) is 4.21. The fourth-order valence-corrected chi connectivity index (χ4v) is 1.55. The van der Waals surface area contributed by atoms with Crippen molar-refractivity contribution in [3.8, 4) is 0 Å². The van der Waals surface area contributed by atoms with E-state index < -0.39 is 5.51 Å². The maximum absolute atomic E-state index is 11.8. The molecule has 0 amide bonds. The molecule has 0 aliphatic carbocycles. The summed E-state index contributed by atoms with van der Waals surface area (Å²) in [6.07, 6.45) is 1.65. The third-order valence-corrected chi connectivity index (χ3v) is 2.44. The van der Waals surface area contributed by atoms with Crippen LogP contribution in [-0.4, -0.2) is 32.8 Å². The first kappa shape index (κ1) is 13.3. The molecule has 0 fully saturated rings. The number of nitrogens with zero attached hydrogens (tertiary/aromatic N) is 3. The van der Waals surface area contributed by atoms with Gasteiger partial charge in [-0.3, -0.25) is 4.68 Å². The maximum atomic E-state index is 11.8. The molecule has 1 rings (SSSR count). The van der Waals surface area contributed by atoms with Crippen LogP contribution >= 0.6 is 11.8 Å². The van der Waals surface area contributed by atoms with Crippen molar-refractivity contribution in [2.45, 2.75) is 25.5 Å². The average Bonchev–Trinajstić information content (AvgIpc) is 2.61. The van der Waals surface area contributed by atoms with Gasteiger partial charge < -0.3 is 5.32 Å². The third kappa shape index (κ3) is 5.36. The van der Waals surface area contributed by atoms with Gasteiger partial charge in [0.15, 0.2) is 0 Å². The van der Waals surface area contributed by atoms with Gasteiger partial charge in [0.25, 0.3) is 0 Å². The molecule has 1 aromatic heterocycles. The molecule has 0 saturated carbocycles. The van der Waals surface area contributed by atoms with Crippen molar-refractivity contribution in [2.75, 3.05) is 12.3 Å². The Bertz CT molecular complexity index is 312. The van der Waals surface area contributed by atoms with E-state index in [1.807, 2.05) is 6.92 Å². The quantitative estimate of drug-likeness (QED) is 0.838. The summed E-state index contributed by atoms with van der Waals surface area (Å²) < 4.78 is 36.9. The predicted molar refractivity (Wildman–Crippen MR) is 55.9 cm³/mol. The number of rotatable bonds is 6. The Kier molecular flexibility index (Phi) is 5.07. The highest BCUT2D eigenvalue weighted by molar-refractivity contribution is 8.00. The van der Waals surface area contributed by atoms with Gasteiger partial charge in [0.1, 0.15) is 0 Å². The molecule has 0 bridgehead atoms. The van der Waals surface area contributed by atoms with E-state index in [0.29, 0.717) is 6.54 Å². The van der Waals surface area contributed by atoms with E-state index >= 15 is 0 Å². The van der Waals surface area contributed by atoms with Crippen LogP contribution in [0.3, 0.4) is 0 Å². The molecule has 0 unspecified atom stereocenters. The first-order valence-electron chi connectivity index (χ1n) is 4.81. The second kappa shape index (κ2) is 6.09. The summed E-state index contributed by atoms with van der Waals surface area (Å²) in [6.45, 7) is 3.58. The summed E-state index contributed by atoms with van der Waals surface area (Å²) in [6, 6.07) is 0. The van der Waals surface area contributed by atoms with E-state index in [4.69, 9.17) is 0 Å². The molecule has 1 N–H and O–H groups in total. The lowest BCUT2D eigenvalue weighted by Gasteiger charge is -2.04. The number of nitrogens with one attached hydrogen (secondary N) is 1. The Hall–Kier alpha value is -0.760. The molecule has 0 saturated heterocycles.